The average molecular weight is 154 g/mol. The average Bonchev–Trinajstić information content (AvgIpc) is 2.53. The van der Waals surface area contributed by atoms with Crippen molar-refractivity contribution < 1.29 is 0 Å². The quantitative estimate of drug-likeness (QED) is 0.629. The summed E-state index contributed by atoms with van der Waals surface area (Å²) < 4.78 is 0. The summed E-state index contributed by atoms with van der Waals surface area (Å²) in [6.07, 6.45) is 4.31. The molecule has 2 aliphatic heterocycles. The fourth-order valence-corrected chi connectivity index (χ4v) is 2.69. The van der Waals surface area contributed by atoms with Gasteiger partial charge in [0.15, 0.2) is 0 Å². The number of nitrogens with one attached hydrogen (secondary N) is 1. The molecule has 2 heteroatoms. The van der Waals surface area contributed by atoms with Crippen LogP contribution >= 0.6 is 0 Å². The van der Waals surface area contributed by atoms with Gasteiger partial charge in [-0.2, -0.15) is 0 Å². The Bertz CT molecular complexity index is 134. The highest BCUT2D eigenvalue weighted by atomic mass is 15.2. The lowest BCUT2D eigenvalue weighted by Crippen LogP contribution is -2.30. The molecule has 0 spiro atoms. The second kappa shape index (κ2) is 3.11. The van der Waals surface area contributed by atoms with Crippen LogP contribution in [0.3, 0.4) is 0 Å². The summed E-state index contributed by atoms with van der Waals surface area (Å²) in [5.74, 6) is 0.947. The van der Waals surface area contributed by atoms with Gasteiger partial charge in [-0.1, -0.05) is 0 Å². The zero-order chi connectivity index (χ0) is 7.68. The van der Waals surface area contributed by atoms with Crippen LogP contribution in [-0.4, -0.2) is 37.6 Å². The number of fused-ring (bicyclic) bond motifs is 1. The van der Waals surface area contributed by atoms with Crippen molar-refractivity contribution in [3.8, 4) is 0 Å². The van der Waals surface area contributed by atoms with Gasteiger partial charge in [0.05, 0.1) is 0 Å². The molecule has 2 unspecified atom stereocenters. The molecular weight excluding hydrogens is 136 g/mol. The van der Waals surface area contributed by atoms with E-state index in [1.54, 1.807) is 0 Å². The highest BCUT2D eigenvalue weighted by Gasteiger charge is 2.36. The van der Waals surface area contributed by atoms with Gasteiger partial charge in [-0.05, 0) is 51.9 Å². The van der Waals surface area contributed by atoms with E-state index in [1.807, 2.05) is 0 Å². The highest BCUT2D eigenvalue weighted by Crippen LogP contribution is 2.31. The maximum absolute atomic E-state index is 3.30. The van der Waals surface area contributed by atoms with Gasteiger partial charge >= 0.3 is 0 Å². The van der Waals surface area contributed by atoms with Crippen LogP contribution in [0, 0.1) is 5.92 Å². The van der Waals surface area contributed by atoms with Crippen molar-refractivity contribution in [1.82, 2.24) is 10.2 Å². The molecule has 2 saturated heterocycles. The van der Waals surface area contributed by atoms with E-state index in [-0.39, 0.29) is 0 Å². The zero-order valence-corrected chi connectivity index (χ0v) is 7.34. The molecule has 2 atom stereocenters. The number of hydrogen-bond donors (Lipinski definition) is 1. The van der Waals surface area contributed by atoms with Crippen molar-refractivity contribution in [2.45, 2.75) is 25.3 Å². The maximum atomic E-state index is 3.30. The molecule has 2 heterocycles. The van der Waals surface area contributed by atoms with E-state index >= 15 is 0 Å². The fraction of sp³-hybridized carbons (Fsp3) is 1.00. The summed E-state index contributed by atoms with van der Waals surface area (Å²) >= 11 is 0. The van der Waals surface area contributed by atoms with Crippen LogP contribution in [0.15, 0.2) is 0 Å². The summed E-state index contributed by atoms with van der Waals surface area (Å²) in [6.45, 7) is 3.95. The molecule has 1 N–H and O–H groups in total. The Labute approximate surface area is 69.0 Å². The highest BCUT2D eigenvalue weighted by molar-refractivity contribution is 4.91. The Kier molecular flexibility index (Phi) is 2.14. The van der Waals surface area contributed by atoms with Gasteiger partial charge in [-0.15, -0.1) is 0 Å². The molecule has 0 radical (unpaired) electrons. The van der Waals surface area contributed by atoms with E-state index < -0.39 is 0 Å². The Balaban J connectivity index is 1.92. The number of rotatable bonds is 2. The molecular formula is C9H18N2. The molecule has 0 aromatic rings. The second-order valence-electron chi connectivity index (χ2n) is 3.85. The molecule has 11 heavy (non-hydrogen) atoms. The maximum Gasteiger partial charge on any atom is 0.0137 e. The lowest BCUT2D eigenvalue weighted by Gasteiger charge is -2.19. The molecule has 0 saturated carbocycles. The van der Waals surface area contributed by atoms with E-state index in [0.717, 1.165) is 12.0 Å². The van der Waals surface area contributed by atoms with E-state index in [9.17, 15) is 0 Å². The minimum absolute atomic E-state index is 0.933. The molecule has 0 amide bonds. The largest absolute Gasteiger partial charge is 0.319 e. The fourth-order valence-electron chi connectivity index (χ4n) is 2.69. The lowest BCUT2D eigenvalue weighted by atomic mass is 9.98. The van der Waals surface area contributed by atoms with Crippen molar-refractivity contribution in [2.24, 2.45) is 5.92 Å². The number of nitrogens with zero attached hydrogens (tertiary/aromatic N) is 1. The van der Waals surface area contributed by atoms with Gasteiger partial charge in [-0.25, -0.2) is 0 Å². The van der Waals surface area contributed by atoms with E-state index in [2.05, 4.69) is 17.3 Å². The van der Waals surface area contributed by atoms with Crippen LogP contribution in [0.4, 0.5) is 0 Å². The Morgan fingerprint density at radius 2 is 2.27 bits per heavy atom. The lowest BCUT2D eigenvalue weighted by molar-refractivity contribution is 0.288. The smallest absolute Gasteiger partial charge is 0.0137 e. The van der Waals surface area contributed by atoms with Gasteiger partial charge < -0.3 is 10.2 Å². The third-order valence-corrected chi connectivity index (χ3v) is 3.21. The SMILES string of the molecule is CNCC1CCN2CCCC12. The van der Waals surface area contributed by atoms with Crippen LogP contribution in [0.2, 0.25) is 0 Å². The Morgan fingerprint density at radius 1 is 1.36 bits per heavy atom. The molecule has 0 aromatic carbocycles. The Hall–Kier alpha value is -0.0800. The molecule has 0 aromatic heterocycles. The third kappa shape index (κ3) is 1.30. The minimum Gasteiger partial charge on any atom is -0.319 e. The second-order valence-corrected chi connectivity index (χ2v) is 3.85. The van der Waals surface area contributed by atoms with Gasteiger partial charge in [0, 0.05) is 6.04 Å². The normalized spacial score (nSPS) is 37.9. The molecule has 0 bridgehead atoms. The monoisotopic (exact) mass is 154 g/mol. The first-order valence-electron chi connectivity index (χ1n) is 4.80. The standard InChI is InChI=1S/C9H18N2/c1-10-7-8-4-6-11-5-2-3-9(8)11/h8-10H,2-7H2,1H3. The first-order valence-corrected chi connectivity index (χ1v) is 4.80. The van der Waals surface area contributed by atoms with Gasteiger partial charge in [0.1, 0.15) is 0 Å². The summed E-state index contributed by atoms with van der Waals surface area (Å²) in [5.41, 5.74) is 0. The first kappa shape index (κ1) is 7.56. The minimum atomic E-state index is 0.933. The first-order chi connectivity index (χ1) is 5.42. The van der Waals surface area contributed by atoms with Crippen molar-refractivity contribution in [2.75, 3.05) is 26.7 Å². The van der Waals surface area contributed by atoms with E-state index in [4.69, 9.17) is 0 Å². The summed E-state index contributed by atoms with van der Waals surface area (Å²) in [6, 6.07) is 0.933. The summed E-state index contributed by atoms with van der Waals surface area (Å²) in [7, 11) is 2.07. The Morgan fingerprint density at radius 3 is 3.09 bits per heavy atom. The van der Waals surface area contributed by atoms with Crippen LogP contribution in [0.25, 0.3) is 0 Å². The topological polar surface area (TPSA) is 15.3 Å². The molecule has 2 nitrogen and oxygen atoms in total. The predicted molar refractivity (Wildman–Crippen MR) is 46.6 cm³/mol. The van der Waals surface area contributed by atoms with Gasteiger partial charge in [0.2, 0.25) is 0 Å². The zero-order valence-electron chi connectivity index (χ0n) is 7.34. The van der Waals surface area contributed by atoms with Crippen molar-refractivity contribution in [3.05, 3.63) is 0 Å². The van der Waals surface area contributed by atoms with E-state index in [0.29, 0.717) is 0 Å². The van der Waals surface area contributed by atoms with Crippen LogP contribution in [0.5, 0.6) is 0 Å². The summed E-state index contributed by atoms with van der Waals surface area (Å²) in [5, 5.41) is 3.30. The molecule has 2 fully saturated rings. The van der Waals surface area contributed by atoms with Crippen molar-refractivity contribution in [3.63, 3.8) is 0 Å². The third-order valence-electron chi connectivity index (χ3n) is 3.21. The van der Waals surface area contributed by atoms with Crippen LogP contribution in [-0.2, 0) is 0 Å². The van der Waals surface area contributed by atoms with Crippen LogP contribution in [0.1, 0.15) is 19.3 Å². The molecule has 0 aliphatic carbocycles. The number of hydrogen-bond acceptors (Lipinski definition) is 2. The molecule has 2 aliphatic rings. The van der Waals surface area contributed by atoms with Gasteiger partial charge in [-0.3, -0.25) is 0 Å². The van der Waals surface area contributed by atoms with Crippen molar-refractivity contribution in [1.29, 1.82) is 0 Å². The predicted octanol–water partition coefficient (Wildman–Crippen LogP) is 0.690. The van der Waals surface area contributed by atoms with E-state index in [1.165, 1.54) is 38.9 Å². The summed E-state index contributed by atoms with van der Waals surface area (Å²) in [4.78, 5) is 2.67. The van der Waals surface area contributed by atoms with Crippen molar-refractivity contribution >= 4 is 0 Å². The van der Waals surface area contributed by atoms with Gasteiger partial charge in [0.25, 0.3) is 0 Å². The van der Waals surface area contributed by atoms with Crippen LogP contribution < -0.4 is 5.32 Å². The molecule has 2 rings (SSSR count). The molecule has 64 valence electrons.